The van der Waals surface area contributed by atoms with Crippen LogP contribution in [-0.2, 0) is 19.4 Å². The van der Waals surface area contributed by atoms with Crippen LogP contribution in [0.2, 0.25) is 0 Å². The molecule has 18 heavy (non-hydrogen) atoms. The number of ether oxygens (including phenoxy) is 1. The van der Waals surface area contributed by atoms with Crippen molar-refractivity contribution in [3.8, 4) is 5.75 Å². The summed E-state index contributed by atoms with van der Waals surface area (Å²) in [6.45, 7) is 3.30. The van der Waals surface area contributed by atoms with E-state index in [2.05, 4.69) is 23.4 Å². The third-order valence-electron chi connectivity index (χ3n) is 2.62. The van der Waals surface area contributed by atoms with Crippen LogP contribution < -0.4 is 10.5 Å². The fourth-order valence-electron chi connectivity index (χ4n) is 1.69. The summed E-state index contributed by atoms with van der Waals surface area (Å²) in [7, 11) is 0. The van der Waals surface area contributed by atoms with Crippen molar-refractivity contribution in [2.24, 2.45) is 5.73 Å². The number of rotatable bonds is 6. The molecule has 0 unspecified atom stereocenters. The summed E-state index contributed by atoms with van der Waals surface area (Å²) >= 11 is 1.69. The molecular weight excluding hydrogens is 244 g/mol. The standard InChI is InChI=1S/C14H18N2OS/c1-2-14-16-12(10-18-14)9-17-13-5-3-4-11(8-13)6-7-15/h3-5,8,10H,2,6-7,9,15H2,1H3. The molecule has 1 heterocycles. The summed E-state index contributed by atoms with van der Waals surface area (Å²) in [4.78, 5) is 4.48. The Bertz CT molecular complexity index is 496. The summed E-state index contributed by atoms with van der Waals surface area (Å²) in [5.74, 6) is 0.881. The van der Waals surface area contributed by atoms with E-state index in [9.17, 15) is 0 Å². The van der Waals surface area contributed by atoms with E-state index in [0.29, 0.717) is 13.2 Å². The van der Waals surface area contributed by atoms with Gasteiger partial charge in [0.25, 0.3) is 0 Å². The van der Waals surface area contributed by atoms with Crippen LogP contribution in [0.25, 0.3) is 0 Å². The van der Waals surface area contributed by atoms with Gasteiger partial charge in [0.2, 0.25) is 0 Å². The highest BCUT2D eigenvalue weighted by molar-refractivity contribution is 7.09. The van der Waals surface area contributed by atoms with E-state index in [0.717, 1.165) is 29.3 Å². The van der Waals surface area contributed by atoms with Crippen LogP contribution in [0, 0.1) is 0 Å². The van der Waals surface area contributed by atoms with Gasteiger partial charge >= 0.3 is 0 Å². The Morgan fingerprint density at radius 2 is 2.28 bits per heavy atom. The maximum Gasteiger partial charge on any atom is 0.131 e. The summed E-state index contributed by atoms with van der Waals surface area (Å²) < 4.78 is 5.74. The zero-order chi connectivity index (χ0) is 12.8. The molecule has 0 fully saturated rings. The number of hydrogen-bond donors (Lipinski definition) is 1. The van der Waals surface area contributed by atoms with Gasteiger partial charge in [0.15, 0.2) is 0 Å². The van der Waals surface area contributed by atoms with Crippen LogP contribution in [0.5, 0.6) is 5.75 Å². The fraction of sp³-hybridized carbons (Fsp3) is 0.357. The minimum Gasteiger partial charge on any atom is -0.487 e. The lowest BCUT2D eigenvalue weighted by molar-refractivity contribution is 0.301. The molecule has 0 spiro atoms. The van der Waals surface area contributed by atoms with Crippen molar-refractivity contribution >= 4 is 11.3 Å². The number of hydrogen-bond acceptors (Lipinski definition) is 4. The minimum atomic E-state index is 0.530. The van der Waals surface area contributed by atoms with Gasteiger partial charge in [-0.1, -0.05) is 19.1 Å². The maximum absolute atomic E-state index is 5.74. The van der Waals surface area contributed by atoms with Gasteiger partial charge in [-0.3, -0.25) is 0 Å². The van der Waals surface area contributed by atoms with Gasteiger partial charge in [-0.05, 0) is 37.1 Å². The highest BCUT2D eigenvalue weighted by Gasteiger charge is 2.02. The van der Waals surface area contributed by atoms with E-state index >= 15 is 0 Å². The SMILES string of the molecule is CCc1nc(COc2cccc(CCN)c2)cs1. The highest BCUT2D eigenvalue weighted by atomic mass is 32.1. The van der Waals surface area contributed by atoms with Crippen LogP contribution >= 0.6 is 11.3 Å². The molecule has 0 bridgehead atoms. The molecule has 96 valence electrons. The van der Waals surface area contributed by atoms with Gasteiger partial charge in [-0.15, -0.1) is 11.3 Å². The molecule has 3 nitrogen and oxygen atoms in total. The van der Waals surface area contributed by atoms with Crippen molar-refractivity contribution in [2.45, 2.75) is 26.4 Å². The monoisotopic (exact) mass is 262 g/mol. The molecule has 1 aromatic carbocycles. The molecule has 1 aromatic heterocycles. The van der Waals surface area contributed by atoms with Crippen molar-refractivity contribution < 1.29 is 4.74 Å². The molecule has 2 rings (SSSR count). The molecule has 0 amide bonds. The van der Waals surface area contributed by atoms with Gasteiger partial charge in [0, 0.05) is 5.38 Å². The predicted molar refractivity (Wildman–Crippen MR) is 75.0 cm³/mol. The van der Waals surface area contributed by atoms with Gasteiger partial charge < -0.3 is 10.5 Å². The van der Waals surface area contributed by atoms with E-state index in [-0.39, 0.29) is 0 Å². The van der Waals surface area contributed by atoms with E-state index in [1.165, 1.54) is 5.56 Å². The molecule has 0 atom stereocenters. The number of aromatic nitrogens is 1. The van der Waals surface area contributed by atoms with Crippen molar-refractivity contribution in [3.05, 3.63) is 45.9 Å². The number of thiazole rings is 1. The van der Waals surface area contributed by atoms with E-state index < -0.39 is 0 Å². The molecule has 0 aliphatic rings. The van der Waals surface area contributed by atoms with Crippen molar-refractivity contribution in [1.29, 1.82) is 0 Å². The number of nitrogens with zero attached hydrogens (tertiary/aromatic N) is 1. The van der Waals surface area contributed by atoms with E-state index in [1.807, 2.05) is 18.2 Å². The lowest BCUT2D eigenvalue weighted by Gasteiger charge is -2.06. The van der Waals surface area contributed by atoms with E-state index in [1.54, 1.807) is 11.3 Å². The average Bonchev–Trinajstić information content (AvgIpc) is 2.85. The van der Waals surface area contributed by atoms with Crippen LogP contribution in [0.3, 0.4) is 0 Å². The first-order chi connectivity index (χ1) is 8.81. The maximum atomic E-state index is 5.74. The quantitative estimate of drug-likeness (QED) is 0.871. The normalized spacial score (nSPS) is 10.6. The summed E-state index contributed by atoms with van der Waals surface area (Å²) in [6, 6.07) is 8.07. The second-order valence-corrected chi connectivity index (χ2v) is 5.00. The third-order valence-corrected chi connectivity index (χ3v) is 3.66. The second kappa shape index (κ2) is 6.52. The Morgan fingerprint density at radius 3 is 3.00 bits per heavy atom. The first-order valence-electron chi connectivity index (χ1n) is 6.17. The Morgan fingerprint density at radius 1 is 1.39 bits per heavy atom. The van der Waals surface area contributed by atoms with Crippen LogP contribution in [-0.4, -0.2) is 11.5 Å². The minimum absolute atomic E-state index is 0.530. The number of nitrogens with two attached hydrogens (primary N) is 1. The smallest absolute Gasteiger partial charge is 0.131 e. The van der Waals surface area contributed by atoms with Gasteiger partial charge in [-0.25, -0.2) is 4.98 Å². The predicted octanol–water partition coefficient (Wildman–Crippen LogP) is 2.79. The molecular formula is C14H18N2OS. The van der Waals surface area contributed by atoms with Crippen molar-refractivity contribution in [3.63, 3.8) is 0 Å². The first kappa shape index (κ1) is 13.1. The van der Waals surface area contributed by atoms with Crippen LogP contribution in [0.4, 0.5) is 0 Å². The van der Waals surface area contributed by atoms with E-state index in [4.69, 9.17) is 10.5 Å². The van der Waals surface area contributed by atoms with Gasteiger partial charge in [0.1, 0.15) is 12.4 Å². The largest absolute Gasteiger partial charge is 0.487 e. The Balaban J connectivity index is 1.94. The zero-order valence-corrected chi connectivity index (χ0v) is 11.4. The average molecular weight is 262 g/mol. The molecule has 0 aliphatic heterocycles. The van der Waals surface area contributed by atoms with Crippen LogP contribution in [0.15, 0.2) is 29.6 Å². The zero-order valence-electron chi connectivity index (χ0n) is 10.6. The molecule has 0 aliphatic carbocycles. The Hall–Kier alpha value is -1.39. The van der Waals surface area contributed by atoms with Crippen LogP contribution in [0.1, 0.15) is 23.2 Å². The highest BCUT2D eigenvalue weighted by Crippen LogP contribution is 2.16. The molecule has 0 saturated heterocycles. The molecule has 4 heteroatoms. The van der Waals surface area contributed by atoms with Crippen molar-refractivity contribution in [2.75, 3.05) is 6.54 Å². The molecule has 0 saturated carbocycles. The third kappa shape index (κ3) is 3.55. The summed E-state index contributed by atoms with van der Waals surface area (Å²) in [5.41, 5.74) is 7.76. The van der Waals surface area contributed by atoms with Gasteiger partial charge in [0.05, 0.1) is 10.7 Å². The summed E-state index contributed by atoms with van der Waals surface area (Å²) in [5, 5.41) is 3.22. The Labute approximate surface area is 112 Å². The Kier molecular flexibility index (Phi) is 4.73. The molecule has 2 N–H and O–H groups in total. The number of benzene rings is 1. The van der Waals surface area contributed by atoms with Crippen molar-refractivity contribution in [1.82, 2.24) is 4.98 Å². The second-order valence-electron chi connectivity index (χ2n) is 4.06. The van der Waals surface area contributed by atoms with Gasteiger partial charge in [-0.2, -0.15) is 0 Å². The number of aryl methyl sites for hydroxylation is 1. The fourth-order valence-corrected chi connectivity index (χ4v) is 2.42. The molecule has 0 radical (unpaired) electrons. The molecule has 2 aromatic rings. The first-order valence-corrected chi connectivity index (χ1v) is 7.05. The lowest BCUT2D eigenvalue weighted by atomic mass is 10.1. The summed E-state index contributed by atoms with van der Waals surface area (Å²) in [6.07, 6.45) is 1.87. The topological polar surface area (TPSA) is 48.1 Å². The lowest BCUT2D eigenvalue weighted by Crippen LogP contribution is -2.03.